The smallest absolute Gasteiger partial charge is 0.329 e. The van der Waals surface area contributed by atoms with Gasteiger partial charge >= 0.3 is 5.97 Å². The minimum Gasteiger partial charge on any atom is -0.456 e. The Bertz CT molecular complexity index is 1540. The molecule has 2 saturated heterocycles. The number of Topliss-reactive ketones (excluding diaryl/α,β-unsaturated/α-hetero) is 2. The van der Waals surface area contributed by atoms with Gasteiger partial charge < -0.3 is 43.5 Å². The predicted molar refractivity (Wildman–Crippen MR) is 227 cm³/mol. The highest BCUT2D eigenvalue weighted by atomic mass is 16.7. The molecule has 0 unspecified atom stereocenters. The first-order chi connectivity index (χ1) is 28.4. The number of methoxy groups -OCH3 is 3. The second-order valence-electron chi connectivity index (χ2n) is 18.4. The predicted octanol–water partition coefficient (Wildman–Crippen LogP) is 6.07. The van der Waals surface area contributed by atoms with Crippen LogP contribution in [0.25, 0.3) is 0 Å². The number of hydrogen-bond donors (Lipinski definition) is 2. The summed E-state index contributed by atoms with van der Waals surface area (Å²) in [6.07, 6.45) is 6.51. The molecular weight excluding hydrogens is 771 g/mol. The summed E-state index contributed by atoms with van der Waals surface area (Å²) in [5, 5.41) is 23.9. The SMILES string of the molecule is C=CC[C@@H]1/C=C(\C)C[C@H](C)C[C@H](OC)[C@H]2O[C@@](O)(C(=O)C(=O)N3CCCC[C@H]3C(=O)O[C@H](/C(C)=C/[C@@H]3CC[C@@H](OC(C)C)[C@H](OC)C3)[C@H](C)[C@@H](O)CC1=O)[C@H](C)C[C@@H]2OC. The van der Waals surface area contributed by atoms with E-state index in [1.54, 1.807) is 27.0 Å². The van der Waals surface area contributed by atoms with Crippen molar-refractivity contribution in [3.63, 3.8) is 0 Å². The average Bonchev–Trinajstić information content (AvgIpc) is 3.21. The molecule has 1 saturated carbocycles. The van der Waals surface area contributed by atoms with Gasteiger partial charge in [0.1, 0.15) is 24.0 Å². The van der Waals surface area contributed by atoms with Crippen LogP contribution in [-0.2, 0) is 47.6 Å². The largest absolute Gasteiger partial charge is 0.456 e. The van der Waals surface area contributed by atoms with Crippen molar-refractivity contribution in [3.8, 4) is 0 Å². The topological polar surface area (TPSA) is 167 Å². The fraction of sp³-hybridized carbons (Fsp3) is 0.787. The summed E-state index contributed by atoms with van der Waals surface area (Å²) in [7, 11) is 4.75. The first-order valence-corrected chi connectivity index (χ1v) is 22.3. The second-order valence-corrected chi connectivity index (χ2v) is 18.4. The number of rotatable bonds is 9. The van der Waals surface area contributed by atoms with Crippen molar-refractivity contribution in [1.29, 1.82) is 0 Å². The van der Waals surface area contributed by atoms with Crippen molar-refractivity contribution < 1.29 is 57.8 Å². The minimum absolute atomic E-state index is 0.0148. The van der Waals surface area contributed by atoms with Gasteiger partial charge in [0, 0.05) is 52.0 Å². The van der Waals surface area contributed by atoms with Gasteiger partial charge in [-0.1, -0.05) is 44.6 Å². The number of allylic oxidation sites excluding steroid dienone is 4. The number of aliphatic hydroxyl groups excluding tert-OH is 1. The standard InChI is InChI=1S/C47H75NO12/c1-12-15-34-21-28(4)20-29(5)22-40(56-10)43-41(57-11)24-31(7)47(54,60-43)44(51)45(52)48-19-14-13-16-35(48)46(53)59-42(32(8)36(49)26-37(34)50)30(6)23-33-17-18-38(58-27(2)3)39(25-33)55-9/h12,21,23,27,29,31-36,38-43,49,54H,1,13-20,22,24-26H2,2-11H3/b28-21+,30-23+/t29-,31+,32+,33-,34+,35-,36-,38+,39+,40-,41-,42+,43+,47+/m0/s1. The van der Waals surface area contributed by atoms with E-state index in [2.05, 4.69) is 12.7 Å². The number of ketones is 2. The molecule has 340 valence electrons. The number of piperidine rings is 1. The Morgan fingerprint density at radius 1 is 0.950 bits per heavy atom. The summed E-state index contributed by atoms with van der Waals surface area (Å²) in [5.74, 6) is -7.58. The number of hydrogen-bond acceptors (Lipinski definition) is 12. The molecule has 0 radical (unpaired) electrons. The van der Waals surface area contributed by atoms with Crippen LogP contribution in [0.1, 0.15) is 119 Å². The van der Waals surface area contributed by atoms with E-state index in [1.165, 1.54) is 19.1 Å². The van der Waals surface area contributed by atoms with Gasteiger partial charge in [0.15, 0.2) is 0 Å². The normalized spacial score (nSPS) is 39.6. The molecule has 13 nitrogen and oxygen atoms in total. The van der Waals surface area contributed by atoms with Crippen LogP contribution in [0.3, 0.4) is 0 Å². The molecule has 14 atom stereocenters. The number of ether oxygens (including phenoxy) is 6. The number of aliphatic hydroxyl groups is 2. The first kappa shape index (κ1) is 49.9. The summed E-state index contributed by atoms with van der Waals surface area (Å²) >= 11 is 0. The molecule has 0 spiro atoms. The van der Waals surface area contributed by atoms with E-state index < -0.39 is 77.8 Å². The van der Waals surface area contributed by atoms with Crippen LogP contribution < -0.4 is 0 Å². The molecule has 60 heavy (non-hydrogen) atoms. The van der Waals surface area contributed by atoms with Gasteiger partial charge in [-0.15, -0.1) is 6.58 Å². The zero-order valence-corrected chi connectivity index (χ0v) is 37.9. The van der Waals surface area contributed by atoms with Gasteiger partial charge in [-0.2, -0.15) is 0 Å². The number of esters is 1. The lowest BCUT2D eigenvalue weighted by Gasteiger charge is -2.47. The Morgan fingerprint density at radius 2 is 1.62 bits per heavy atom. The molecule has 4 aliphatic rings. The van der Waals surface area contributed by atoms with Gasteiger partial charge in [-0.3, -0.25) is 14.4 Å². The Balaban J connectivity index is 1.77. The third-order valence-electron chi connectivity index (χ3n) is 13.3. The number of fused-ring (bicyclic) bond motifs is 3. The fourth-order valence-electron chi connectivity index (χ4n) is 9.91. The van der Waals surface area contributed by atoms with Gasteiger partial charge in [-0.05, 0) is 109 Å². The van der Waals surface area contributed by atoms with Gasteiger partial charge in [0.2, 0.25) is 5.79 Å². The highest BCUT2D eigenvalue weighted by Gasteiger charge is 2.56. The molecule has 4 rings (SSSR count). The van der Waals surface area contributed by atoms with E-state index in [9.17, 15) is 29.4 Å². The van der Waals surface area contributed by atoms with Crippen LogP contribution in [0.4, 0.5) is 0 Å². The van der Waals surface area contributed by atoms with Crippen LogP contribution >= 0.6 is 0 Å². The second kappa shape index (κ2) is 22.5. The van der Waals surface area contributed by atoms with Crippen molar-refractivity contribution in [2.45, 2.75) is 180 Å². The Kier molecular flexibility index (Phi) is 18.7. The van der Waals surface area contributed by atoms with E-state index >= 15 is 0 Å². The third kappa shape index (κ3) is 12.2. The molecule has 2 bridgehead atoms. The average molecular weight is 846 g/mol. The number of cyclic esters (lactones) is 1. The van der Waals surface area contributed by atoms with Crippen LogP contribution in [0.15, 0.2) is 36.0 Å². The van der Waals surface area contributed by atoms with Crippen molar-refractivity contribution >= 4 is 23.4 Å². The van der Waals surface area contributed by atoms with Crippen molar-refractivity contribution in [1.82, 2.24) is 4.90 Å². The lowest BCUT2D eigenvalue weighted by molar-refractivity contribution is -0.302. The number of nitrogens with zero attached hydrogens (tertiary/aromatic N) is 1. The van der Waals surface area contributed by atoms with Gasteiger partial charge in [0.25, 0.3) is 11.7 Å². The summed E-state index contributed by atoms with van der Waals surface area (Å²) in [6, 6.07) is -1.13. The molecule has 0 aromatic heterocycles. The highest BCUT2D eigenvalue weighted by molar-refractivity contribution is 6.39. The van der Waals surface area contributed by atoms with Crippen LogP contribution in [-0.4, -0.2) is 127 Å². The molecule has 13 heteroatoms. The maximum absolute atomic E-state index is 14.4. The molecule has 2 N–H and O–H groups in total. The fourth-order valence-corrected chi connectivity index (χ4v) is 9.91. The zero-order valence-electron chi connectivity index (χ0n) is 37.9. The van der Waals surface area contributed by atoms with Crippen LogP contribution in [0.5, 0.6) is 0 Å². The summed E-state index contributed by atoms with van der Waals surface area (Å²) in [5.41, 5.74) is 1.67. The number of carbonyl (C=O) groups is 4. The lowest BCUT2D eigenvalue weighted by Crippen LogP contribution is -2.64. The van der Waals surface area contributed by atoms with Crippen LogP contribution in [0.2, 0.25) is 0 Å². The Morgan fingerprint density at radius 3 is 2.25 bits per heavy atom. The van der Waals surface area contributed by atoms with Gasteiger partial charge in [0.05, 0.1) is 36.6 Å². The zero-order chi connectivity index (χ0) is 44.5. The molecular formula is C47H75NO12. The Labute approximate surface area is 358 Å². The lowest BCUT2D eigenvalue weighted by atomic mass is 9.81. The molecule has 3 heterocycles. The summed E-state index contributed by atoms with van der Waals surface area (Å²) in [4.78, 5) is 58.2. The maximum Gasteiger partial charge on any atom is 0.329 e. The van der Waals surface area contributed by atoms with E-state index in [0.717, 1.165) is 18.4 Å². The highest BCUT2D eigenvalue weighted by Crippen LogP contribution is 2.39. The van der Waals surface area contributed by atoms with Gasteiger partial charge in [-0.25, -0.2) is 4.79 Å². The molecule has 0 aromatic rings. The van der Waals surface area contributed by atoms with Crippen molar-refractivity contribution in [2.24, 2.45) is 29.6 Å². The van der Waals surface area contributed by atoms with Crippen molar-refractivity contribution in [2.75, 3.05) is 27.9 Å². The van der Waals surface area contributed by atoms with Crippen LogP contribution in [0, 0.1) is 29.6 Å². The van der Waals surface area contributed by atoms with E-state index in [1.807, 2.05) is 40.7 Å². The number of amides is 1. The molecule has 1 amide bonds. The minimum atomic E-state index is -2.50. The Hall–Kier alpha value is -2.78. The summed E-state index contributed by atoms with van der Waals surface area (Å²) in [6.45, 7) is 17.3. The molecule has 1 aliphatic carbocycles. The molecule has 0 aromatic carbocycles. The third-order valence-corrected chi connectivity index (χ3v) is 13.3. The molecule has 3 fully saturated rings. The number of carbonyl (C=O) groups excluding carboxylic acids is 4. The van der Waals surface area contributed by atoms with E-state index in [4.69, 9.17) is 28.4 Å². The molecule has 3 aliphatic heterocycles. The quantitative estimate of drug-likeness (QED) is 0.157. The van der Waals surface area contributed by atoms with E-state index in [-0.39, 0.29) is 61.7 Å². The first-order valence-electron chi connectivity index (χ1n) is 22.3. The summed E-state index contributed by atoms with van der Waals surface area (Å²) < 4.78 is 36.4. The van der Waals surface area contributed by atoms with E-state index in [0.29, 0.717) is 44.1 Å². The van der Waals surface area contributed by atoms with Crippen molar-refractivity contribution in [3.05, 3.63) is 36.0 Å². The monoisotopic (exact) mass is 846 g/mol. The maximum atomic E-state index is 14.4.